The van der Waals surface area contributed by atoms with Crippen molar-refractivity contribution in [2.45, 2.75) is 25.2 Å². The van der Waals surface area contributed by atoms with Crippen LogP contribution in [0.25, 0.3) is 11.3 Å². The molecule has 0 bridgehead atoms. The molecule has 0 saturated heterocycles. The molecule has 2 aromatic rings. The highest BCUT2D eigenvalue weighted by Crippen LogP contribution is 2.30. The molecule has 0 aliphatic carbocycles. The Bertz CT molecular complexity index is 862. The Balaban J connectivity index is 2.38. The fourth-order valence-corrected chi connectivity index (χ4v) is 2.78. The summed E-state index contributed by atoms with van der Waals surface area (Å²) in [4.78, 5) is 8.33. The molecule has 0 atom stereocenters. The van der Waals surface area contributed by atoms with Gasteiger partial charge < -0.3 is 4.74 Å². The zero-order valence-corrected chi connectivity index (χ0v) is 14.1. The van der Waals surface area contributed by atoms with Crippen LogP contribution in [0.15, 0.2) is 29.3 Å². The van der Waals surface area contributed by atoms with Crippen LogP contribution >= 0.6 is 11.8 Å². The van der Waals surface area contributed by atoms with E-state index in [9.17, 15) is 13.2 Å². The molecule has 0 fully saturated rings. The Kier molecular flexibility index (Phi) is 5.89. The van der Waals surface area contributed by atoms with Crippen molar-refractivity contribution in [3.63, 3.8) is 0 Å². The summed E-state index contributed by atoms with van der Waals surface area (Å²) in [7, 11) is 0. The Morgan fingerprint density at radius 1 is 1.20 bits per heavy atom. The molecule has 0 aliphatic heterocycles. The van der Waals surface area contributed by atoms with Gasteiger partial charge in [-0.15, -0.1) is 19.1 Å². The van der Waals surface area contributed by atoms with E-state index in [4.69, 9.17) is 5.26 Å². The maximum Gasteiger partial charge on any atom is 0.573 e. The van der Waals surface area contributed by atoms with Crippen LogP contribution in [0, 0.1) is 30.1 Å². The van der Waals surface area contributed by atoms with Gasteiger partial charge in [0.05, 0.1) is 11.4 Å². The molecule has 2 rings (SSSR count). The summed E-state index contributed by atoms with van der Waals surface area (Å²) in [5, 5.41) is 9.72. The van der Waals surface area contributed by atoms with Crippen LogP contribution in [0.1, 0.15) is 18.3 Å². The lowest BCUT2D eigenvalue weighted by Crippen LogP contribution is -2.16. The zero-order valence-electron chi connectivity index (χ0n) is 13.3. The molecule has 0 unspecified atom stereocenters. The van der Waals surface area contributed by atoms with Gasteiger partial charge in [0, 0.05) is 11.1 Å². The van der Waals surface area contributed by atoms with Crippen LogP contribution in [0.5, 0.6) is 5.75 Å². The number of nitrogens with zero attached hydrogens (tertiary/aromatic N) is 3. The first-order chi connectivity index (χ1) is 11.8. The second-order valence-corrected chi connectivity index (χ2v) is 5.69. The van der Waals surface area contributed by atoms with Gasteiger partial charge in [0.1, 0.15) is 16.8 Å². The number of nitriles is 1. The Morgan fingerprint density at radius 3 is 2.44 bits per heavy atom. The minimum atomic E-state index is -4.75. The normalized spacial score (nSPS) is 10.6. The van der Waals surface area contributed by atoms with Crippen LogP contribution in [0.3, 0.4) is 0 Å². The molecule has 0 N–H and O–H groups in total. The third-order valence-corrected chi connectivity index (χ3v) is 3.98. The van der Waals surface area contributed by atoms with Crippen molar-refractivity contribution < 1.29 is 17.9 Å². The van der Waals surface area contributed by atoms with Crippen molar-refractivity contribution in [3.8, 4) is 34.9 Å². The van der Waals surface area contributed by atoms with Gasteiger partial charge in [-0.2, -0.15) is 5.26 Å². The second-order valence-electron chi connectivity index (χ2n) is 4.73. The molecule has 4 nitrogen and oxygen atoms in total. The van der Waals surface area contributed by atoms with Crippen LogP contribution in [-0.2, 0) is 0 Å². The lowest BCUT2D eigenvalue weighted by atomic mass is 10.1. The summed E-state index contributed by atoms with van der Waals surface area (Å²) in [6, 6.07) is 7.21. The monoisotopic (exact) mass is 363 g/mol. The number of rotatable bonds is 4. The summed E-state index contributed by atoms with van der Waals surface area (Å²) in [5.74, 6) is 5.85. The molecular weight excluding hydrogens is 351 g/mol. The first-order valence-corrected chi connectivity index (χ1v) is 8.00. The van der Waals surface area contributed by atoms with E-state index in [0.717, 1.165) is 5.56 Å². The van der Waals surface area contributed by atoms with Crippen molar-refractivity contribution in [1.82, 2.24) is 9.97 Å². The number of ether oxygens (including phenoxy) is 1. The first kappa shape index (κ1) is 18.6. The summed E-state index contributed by atoms with van der Waals surface area (Å²) in [6.07, 6.45) is -4.75. The van der Waals surface area contributed by atoms with Gasteiger partial charge in [-0.3, -0.25) is 0 Å². The number of halogens is 3. The minimum Gasteiger partial charge on any atom is -0.406 e. The smallest absolute Gasteiger partial charge is 0.406 e. The average Bonchev–Trinajstić information content (AvgIpc) is 2.56. The predicted octanol–water partition coefficient (Wildman–Crippen LogP) is 4.34. The molecule has 1 aromatic heterocycles. The van der Waals surface area contributed by atoms with Crippen molar-refractivity contribution in [2.75, 3.05) is 5.75 Å². The quantitative estimate of drug-likeness (QED) is 0.459. The molecule has 128 valence electrons. The SMILES string of the molecule is CC#CCSc1nc(C#N)nc(-c2ccc(OC(F)(F)F)cc2)c1C. The molecule has 0 aliphatic rings. The van der Waals surface area contributed by atoms with Gasteiger partial charge in [-0.1, -0.05) is 17.7 Å². The van der Waals surface area contributed by atoms with E-state index in [0.29, 0.717) is 22.0 Å². The molecule has 8 heteroatoms. The van der Waals surface area contributed by atoms with Gasteiger partial charge in [0.25, 0.3) is 0 Å². The number of thioether (sulfide) groups is 1. The van der Waals surface area contributed by atoms with Gasteiger partial charge in [-0.25, -0.2) is 9.97 Å². The standard InChI is InChI=1S/C17H12F3N3OS/c1-3-4-9-25-16-11(2)15(22-14(10-21)23-16)12-5-7-13(8-6-12)24-17(18,19)20/h5-8H,9H2,1-2H3. The highest BCUT2D eigenvalue weighted by molar-refractivity contribution is 7.99. The lowest BCUT2D eigenvalue weighted by Gasteiger charge is -2.11. The van der Waals surface area contributed by atoms with Crippen molar-refractivity contribution in [3.05, 3.63) is 35.7 Å². The molecular formula is C17H12F3N3OS. The number of benzene rings is 1. The molecule has 0 radical (unpaired) electrons. The molecule has 1 heterocycles. The summed E-state index contributed by atoms with van der Waals surface area (Å²) in [5.41, 5.74) is 1.78. The largest absolute Gasteiger partial charge is 0.573 e. The van der Waals surface area contributed by atoms with Gasteiger partial charge in [-0.05, 0) is 38.1 Å². The first-order valence-electron chi connectivity index (χ1n) is 7.01. The van der Waals surface area contributed by atoms with Gasteiger partial charge in [0.15, 0.2) is 0 Å². The summed E-state index contributed by atoms with van der Waals surface area (Å²) < 4.78 is 40.6. The van der Waals surface area contributed by atoms with Gasteiger partial charge >= 0.3 is 6.36 Å². The van der Waals surface area contributed by atoms with E-state index in [2.05, 4.69) is 26.5 Å². The molecule has 0 spiro atoms. The Labute approximate surface area is 147 Å². The fourth-order valence-electron chi connectivity index (χ4n) is 1.96. The second kappa shape index (κ2) is 7.91. The highest BCUT2D eigenvalue weighted by atomic mass is 32.2. The Hall–Kier alpha value is -2.71. The van der Waals surface area contributed by atoms with Crippen molar-refractivity contribution in [1.29, 1.82) is 5.26 Å². The van der Waals surface area contributed by atoms with Crippen molar-refractivity contribution >= 4 is 11.8 Å². The van der Waals surface area contributed by atoms with E-state index in [1.807, 2.05) is 6.07 Å². The number of aromatic nitrogens is 2. The van der Waals surface area contributed by atoms with E-state index in [-0.39, 0.29) is 11.6 Å². The van der Waals surface area contributed by atoms with E-state index in [1.54, 1.807) is 13.8 Å². The van der Waals surface area contributed by atoms with Crippen LogP contribution in [0.2, 0.25) is 0 Å². The highest BCUT2D eigenvalue weighted by Gasteiger charge is 2.31. The third-order valence-electron chi connectivity index (χ3n) is 3.02. The maximum absolute atomic E-state index is 12.2. The molecule has 1 aromatic carbocycles. The van der Waals surface area contributed by atoms with Crippen LogP contribution in [0.4, 0.5) is 13.2 Å². The van der Waals surface area contributed by atoms with E-state index in [1.165, 1.54) is 36.0 Å². The lowest BCUT2D eigenvalue weighted by molar-refractivity contribution is -0.274. The molecule has 25 heavy (non-hydrogen) atoms. The minimum absolute atomic E-state index is 0.0109. The third kappa shape index (κ3) is 5.13. The molecule has 0 saturated carbocycles. The number of alkyl halides is 3. The van der Waals surface area contributed by atoms with Crippen LogP contribution in [-0.4, -0.2) is 22.1 Å². The average molecular weight is 363 g/mol. The predicted molar refractivity (Wildman–Crippen MR) is 87.8 cm³/mol. The fraction of sp³-hybridized carbons (Fsp3) is 0.235. The number of hydrogen-bond acceptors (Lipinski definition) is 5. The number of hydrogen-bond donors (Lipinski definition) is 0. The van der Waals surface area contributed by atoms with Gasteiger partial charge in [0.2, 0.25) is 5.82 Å². The van der Waals surface area contributed by atoms with E-state index < -0.39 is 6.36 Å². The van der Waals surface area contributed by atoms with Crippen LogP contribution < -0.4 is 4.74 Å². The summed E-state index contributed by atoms with van der Waals surface area (Å²) in [6.45, 7) is 3.52. The maximum atomic E-state index is 12.2. The zero-order chi connectivity index (χ0) is 18.4. The topological polar surface area (TPSA) is 58.8 Å². The molecule has 0 amide bonds. The Morgan fingerprint density at radius 2 is 1.88 bits per heavy atom. The van der Waals surface area contributed by atoms with Crippen molar-refractivity contribution in [2.24, 2.45) is 0 Å². The van der Waals surface area contributed by atoms with E-state index >= 15 is 0 Å². The summed E-state index contributed by atoms with van der Waals surface area (Å²) >= 11 is 1.37.